The third-order valence-electron chi connectivity index (χ3n) is 4.03. The van der Waals surface area contributed by atoms with Gasteiger partial charge in [0.15, 0.2) is 0 Å². The summed E-state index contributed by atoms with van der Waals surface area (Å²) in [5, 5.41) is 0. The molecule has 22 heavy (non-hydrogen) atoms. The molecular weight excluding hydrogens is 288 g/mol. The average Bonchev–Trinajstić information content (AvgIpc) is 2.77. The van der Waals surface area contributed by atoms with Gasteiger partial charge in [-0.3, -0.25) is 34.8 Å². The monoisotopic (exact) mass is 302 g/mol. The van der Waals surface area contributed by atoms with Crippen molar-refractivity contribution in [3.63, 3.8) is 0 Å². The van der Waals surface area contributed by atoms with Gasteiger partial charge in [0, 0.05) is 13.5 Å². The lowest BCUT2D eigenvalue weighted by Crippen LogP contribution is -2.54. The second-order valence-electron chi connectivity index (χ2n) is 5.20. The Balaban J connectivity index is 2.01. The van der Waals surface area contributed by atoms with Gasteiger partial charge in [-0.15, -0.1) is 0 Å². The molecular formula is C14H14N4O4. The molecule has 1 unspecified atom stereocenters. The molecule has 0 aromatic heterocycles. The number of nitrogens with two attached hydrogens (primary N) is 1. The average molecular weight is 302 g/mol. The van der Waals surface area contributed by atoms with Crippen LogP contribution in [0, 0.1) is 0 Å². The molecule has 114 valence electrons. The molecule has 1 fully saturated rings. The van der Waals surface area contributed by atoms with Gasteiger partial charge in [0.05, 0.1) is 16.8 Å². The minimum absolute atomic E-state index is 0.113. The van der Waals surface area contributed by atoms with Gasteiger partial charge in [-0.2, -0.15) is 0 Å². The Bertz CT molecular complexity index is 715. The van der Waals surface area contributed by atoms with Gasteiger partial charge in [-0.05, 0) is 18.6 Å². The van der Waals surface area contributed by atoms with Crippen LogP contribution >= 0.6 is 0 Å². The van der Waals surface area contributed by atoms with Crippen LogP contribution in [0.3, 0.4) is 0 Å². The van der Waals surface area contributed by atoms with Gasteiger partial charge in [-0.25, -0.2) is 0 Å². The van der Waals surface area contributed by atoms with Crippen molar-refractivity contribution in [1.82, 2.24) is 9.80 Å². The maximum absolute atomic E-state index is 12.6. The number of benzene rings is 1. The number of hydrogen-bond acceptors (Lipinski definition) is 6. The first kappa shape index (κ1) is 14.2. The summed E-state index contributed by atoms with van der Waals surface area (Å²) in [4.78, 5) is 50.7. The molecule has 8 nitrogen and oxygen atoms in total. The molecule has 0 spiro atoms. The van der Waals surface area contributed by atoms with Crippen LogP contribution < -0.4 is 11.3 Å². The molecule has 8 heteroatoms. The lowest BCUT2D eigenvalue weighted by Gasteiger charge is -2.32. The predicted molar refractivity (Wildman–Crippen MR) is 75.6 cm³/mol. The van der Waals surface area contributed by atoms with Gasteiger partial charge in [0.25, 0.3) is 17.7 Å². The van der Waals surface area contributed by atoms with E-state index in [1.165, 1.54) is 13.1 Å². The van der Waals surface area contributed by atoms with Gasteiger partial charge in [-0.1, -0.05) is 6.07 Å². The quantitative estimate of drug-likeness (QED) is 0.441. The Labute approximate surface area is 125 Å². The zero-order chi connectivity index (χ0) is 16.0. The Hall–Kier alpha value is -2.74. The van der Waals surface area contributed by atoms with E-state index in [0.717, 1.165) is 9.80 Å². The smallest absolute Gasteiger partial charge is 0.264 e. The van der Waals surface area contributed by atoms with Gasteiger partial charge in [0.1, 0.15) is 6.04 Å². The van der Waals surface area contributed by atoms with Crippen LogP contribution in [0.2, 0.25) is 0 Å². The Morgan fingerprint density at radius 3 is 2.59 bits per heavy atom. The maximum Gasteiger partial charge on any atom is 0.264 e. The molecule has 1 atom stereocenters. The predicted octanol–water partition coefficient (Wildman–Crippen LogP) is -0.284. The van der Waals surface area contributed by atoms with Crippen LogP contribution in [0.1, 0.15) is 33.6 Å². The second kappa shape index (κ2) is 4.92. The lowest BCUT2D eigenvalue weighted by atomic mass is 10.0. The van der Waals surface area contributed by atoms with Crippen molar-refractivity contribution in [2.45, 2.75) is 18.9 Å². The Morgan fingerprint density at radius 2 is 1.91 bits per heavy atom. The largest absolute Gasteiger partial charge is 0.323 e. The normalized spacial score (nSPS) is 21.5. The number of fused-ring (bicyclic) bond motifs is 1. The highest BCUT2D eigenvalue weighted by Gasteiger charge is 2.46. The van der Waals surface area contributed by atoms with Crippen LogP contribution in [-0.2, 0) is 9.59 Å². The summed E-state index contributed by atoms with van der Waals surface area (Å²) in [6.07, 6.45) is 0.251. The summed E-state index contributed by atoms with van der Waals surface area (Å²) in [7, 11) is 1.35. The number of carbonyl (C=O) groups is 4. The number of nitrogens with one attached hydrogen (secondary N) is 1. The highest BCUT2D eigenvalue weighted by Crippen LogP contribution is 2.32. The number of hydrazine groups is 1. The van der Waals surface area contributed by atoms with E-state index in [2.05, 4.69) is 5.43 Å². The number of carbonyl (C=O) groups excluding carboxylic acids is 4. The zero-order valence-electron chi connectivity index (χ0n) is 11.8. The number of piperidine rings is 1. The summed E-state index contributed by atoms with van der Waals surface area (Å²) in [5.74, 6) is 3.39. The molecule has 2 heterocycles. The summed E-state index contributed by atoms with van der Waals surface area (Å²) in [6, 6.07) is 3.73. The standard InChI is InChI=1S/C14H14N4O4/c1-17-10(19)6-5-9(13(17)21)18-12(20)7-3-2-4-8(16-15)11(7)14(18)22/h2-4,9,16H,5-6,15H2,1H3. The van der Waals surface area contributed by atoms with Crippen molar-refractivity contribution in [3.8, 4) is 0 Å². The van der Waals surface area contributed by atoms with E-state index in [0.29, 0.717) is 5.69 Å². The first-order valence-corrected chi connectivity index (χ1v) is 6.75. The molecule has 3 rings (SSSR count). The number of imide groups is 2. The summed E-state index contributed by atoms with van der Waals surface area (Å²) >= 11 is 0. The fraction of sp³-hybridized carbons (Fsp3) is 0.286. The van der Waals surface area contributed by atoms with Crippen molar-refractivity contribution in [2.24, 2.45) is 5.84 Å². The number of rotatable bonds is 2. The van der Waals surface area contributed by atoms with E-state index in [9.17, 15) is 19.2 Å². The zero-order valence-corrected chi connectivity index (χ0v) is 11.8. The number of nitrogen functional groups attached to an aromatic ring is 1. The molecule has 2 aliphatic heterocycles. The molecule has 0 bridgehead atoms. The van der Waals surface area contributed by atoms with Crippen LogP contribution in [0.5, 0.6) is 0 Å². The van der Waals surface area contributed by atoms with E-state index in [1.807, 2.05) is 0 Å². The molecule has 1 aromatic rings. The van der Waals surface area contributed by atoms with Crippen molar-refractivity contribution in [1.29, 1.82) is 0 Å². The number of amides is 4. The molecule has 1 saturated heterocycles. The Morgan fingerprint density at radius 1 is 1.18 bits per heavy atom. The van der Waals surface area contributed by atoms with E-state index in [-0.39, 0.29) is 29.9 Å². The Kier molecular flexibility index (Phi) is 3.18. The summed E-state index contributed by atoms with van der Waals surface area (Å²) in [5.41, 5.74) is 3.06. The van der Waals surface area contributed by atoms with Gasteiger partial charge in [0.2, 0.25) is 5.91 Å². The van der Waals surface area contributed by atoms with Crippen molar-refractivity contribution < 1.29 is 19.2 Å². The SMILES string of the molecule is CN1C(=O)CCC(N2C(=O)c3cccc(NN)c3C2=O)C1=O. The molecule has 4 amide bonds. The molecule has 0 aliphatic carbocycles. The van der Waals surface area contributed by atoms with E-state index in [1.54, 1.807) is 12.1 Å². The molecule has 2 aliphatic rings. The molecule has 0 saturated carbocycles. The van der Waals surface area contributed by atoms with E-state index >= 15 is 0 Å². The van der Waals surface area contributed by atoms with Crippen LogP contribution in [-0.4, -0.2) is 46.5 Å². The lowest BCUT2D eigenvalue weighted by molar-refractivity contribution is -0.149. The summed E-state index contributed by atoms with van der Waals surface area (Å²) in [6.45, 7) is 0. The third kappa shape index (κ3) is 1.81. The minimum Gasteiger partial charge on any atom is -0.323 e. The number of likely N-dealkylation sites (tertiary alicyclic amines) is 1. The topological polar surface area (TPSA) is 113 Å². The van der Waals surface area contributed by atoms with Crippen molar-refractivity contribution in [2.75, 3.05) is 12.5 Å². The third-order valence-corrected chi connectivity index (χ3v) is 4.03. The minimum atomic E-state index is -0.958. The number of hydrogen-bond donors (Lipinski definition) is 2. The summed E-state index contributed by atoms with van der Waals surface area (Å²) < 4.78 is 0. The maximum atomic E-state index is 12.6. The fourth-order valence-electron chi connectivity index (χ4n) is 2.84. The van der Waals surface area contributed by atoms with Gasteiger partial charge < -0.3 is 5.43 Å². The second-order valence-corrected chi connectivity index (χ2v) is 5.20. The molecule has 0 radical (unpaired) electrons. The van der Waals surface area contributed by atoms with Crippen molar-refractivity contribution in [3.05, 3.63) is 29.3 Å². The van der Waals surface area contributed by atoms with Crippen LogP contribution in [0.25, 0.3) is 0 Å². The highest BCUT2D eigenvalue weighted by atomic mass is 16.2. The molecule has 3 N–H and O–H groups in total. The first-order valence-electron chi connectivity index (χ1n) is 6.75. The first-order chi connectivity index (χ1) is 10.5. The van der Waals surface area contributed by atoms with Crippen molar-refractivity contribution >= 4 is 29.3 Å². The number of anilines is 1. The number of nitrogens with zero attached hydrogens (tertiary/aromatic N) is 2. The highest BCUT2D eigenvalue weighted by molar-refractivity contribution is 6.25. The van der Waals surface area contributed by atoms with Crippen LogP contribution in [0.15, 0.2) is 18.2 Å². The molecule has 1 aromatic carbocycles. The van der Waals surface area contributed by atoms with E-state index < -0.39 is 23.8 Å². The fourth-order valence-corrected chi connectivity index (χ4v) is 2.84. The van der Waals surface area contributed by atoms with Gasteiger partial charge >= 0.3 is 0 Å². The number of likely N-dealkylation sites (N-methyl/N-ethyl adjacent to an activating group) is 1. The van der Waals surface area contributed by atoms with E-state index in [4.69, 9.17) is 5.84 Å². The van der Waals surface area contributed by atoms with Crippen LogP contribution in [0.4, 0.5) is 5.69 Å².